The van der Waals surface area contributed by atoms with Gasteiger partial charge in [-0.3, -0.25) is 4.79 Å². The lowest BCUT2D eigenvalue weighted by Gasteiger charge is -2.23. The van der Waals surface area contributed by atoms with Gasteiger partial charge in [0.05, 0.1) is 13.7 Å². The monoisotopic (exact) mass is 501 g/mol. The fraction of sp³-hybridized carbons (Fsp3) is 0.269. The Morgan fingerprint density at radius 1 is 0.914 bits per heavy atom. The predicted molar refractivity (Wildman–Crippen MR) is 130 cm³/mol. The van der Waals surface area contributed by atoms with Crippen molar-refractivity contribution in [3.8, 4) is 11.5 Å². The van der Waals surface area contributed by atoms with Gasteiger partial charge in [0.1, 0.15) is 10.7 Å². The molecular formula is C26H28FNO6S. The molecule has 0 aliphatic heterocycles. The molecule has 0 unspecified atom stereocenters. The van der Waals surface area contributed by atoms with E-state index in [2.05, 4.69) is 0 Å². The van der Waals surface area contributed by atoms with Crippen LogP contribution in [0.15, 0.2) is 71.6 Å². The Kier molecular flexibility index (Phi) is 8.84. The summed E-state index contributed by atoms with van der Waals surface area (Å²) in [5.74, 6) is -0.583. The second-order valence-corrected chi connectivity index (χ2v) is 9.29. The lowest BCUT2D eigenvalue weighted by atomic mass is 10.1. The molecule has 0 atom stereocenters. The van der Waals surface area contributed by atoms with Gasteiger partial charge in [-0.2, -0.15) is 8.42 Å². The average Bonchev–Trinajstić information content (AvgIpc) is 2.86. The predicted octanol–water partition coefficient (Wildman–Crippen LogP) is 4.45. The maximum absolute atomic E-state index is 13.2. The molecule has 0 aliphatic carbocycles. The number of nitrogens with zero attached hydrogens (tertiary/aromatic N) is 1. The minimum Gasteiger partial charge on any atom is -0.493 e. The molecular weight excluding hydrogens is 473 g/mol. The summed E-state index contributed by atoms with van der Waals surface area (Å²) in [6, 6.07) is 16.5. The van der Waals surface area contributed by atoms with Crippen LogP contribution in [0.1, 0.15) is 28.4 Å². The normalized spacial score (nSPS) is 11.2. The van der Waals surface area contributed by atoms with Gasteiger partial charge >= 0.3 is 10.1 Å². The number of ether oxygens (including phenoxy) is 2. The maximum atomic E-state index is 13.2. The smallest absolute Gasteiger partial charge is 0.339 e. The van der Waals surface area contributed by atoms with E-state index in [0.29, 0.717) is 24.3 Å². The van der Waals surface area contributed by atoms with Crippen LogP contribution in [0.3, 0.4) is 0 Å². The van der Waals surface area contributed by atoms with Crippen LogP contribution >= 0.6 is 0 Å². The second-order valence-electron chi connectivity index (χ2n) is 7.75. The van der Waals surface area contributed by atoms with Crippen molar-refractivity contribution in [3.05, 3.63) is 89.2 Å². The molecule has 0 N–H and O–H groups in total. The van der Waals surface area contributed by atoms with E-state index in [1.165, 1.54) is 13.2 Å². The Morgan fingerprint density at radius 3 is 2.17 bits per heavy atom. The average molecular weight is 502 g/mol. The number of rotatable bonds is 11. The number of methoxy groups -OCH3 is 2. The van der Waals surface area contributed by atoms with Gasteiger partial charge in [0.15, 0.2) is 11.5 Å². The fourth-order valence-corrected chi connectivity index (χ4v) is 4.32. The van der Waals surface area contributed by atoms with E-state index in [1.54, 1.807) is 36.3 Å². The van der Waals surface area contributed by atoms with Crippen LogP contribution in [0.2, 0.25) is 0 Å². The van der Waals surface area contributed by atoms with Crippen molar-refractivity contribution in [1.82, 2.24) is 4.90 Å². The molecule has 0 saturated carbocycles. The molecule has 7 nitrogen and oxygen atoms in total. The summed E-state index contributed by atoms with van der Waals surface area (Å²) in [6.45, 7) is 2.90. The summed E-state index contributed by atoms with van der Waals surface area (Å²) in [4.78, 5) is 14.6. The number of halogens is 1. The lowest BCUT2D eigenvalue weighted by Crippen LogP contribution is -2.33. The van der Waals surface area contributed by atoms with E-state index in [9.17, 15) is 17.6 Å². The molecule has 3 rings (SSSR count). The van der Waals surface area contributed by atoms with Gasteiger partial charge in [-0.15, -0.1) is 0 Å². The highest BCUT2D eigenvalue weighted by Gasteiger charge is 2.21. The molecule has 35 heavy (non-hydrogen) atoms. The van der Waals surface area contributed by atoms with Crippen LogP contribution in [0.25, 0.3) is 0 Å². The summed E-state index contributed by atoms with van der Waals surface area (Å²) >= 11 is 0. The van der Waals surface area contributed by atoms with Crippen molar-refractivity contribution in [3.63, 3.8) is 0 Å². The van der Waals surface area contributed by atoms with Crippen molar-refractivity contribution in [2.45, 2.75) is 24.8 Å². The summed E-state index contributed by atoms with van der Waals surface area (Å²) in [5, 5.41) is 0. The van der Waals surface area contributed by atoms with Gasteiger partial charge in [0, 0.05) is 25.8 Å². The van der Waals surface area contributed by atoms with Crippen LogP contribution < -0.4 is 8.92 Å². The third-order valence-corrected chi connectivity index (χ3v) is 6.61. The van der Waals surface area contributed by atoms with Crippen LogP contribution in [-0.2, 0) is 27.8 Å². The first-order valence-electron chi connectivity index (χ1n) is 11.0. The third-order valence-electron chi connectivity index (χ3n) is 5.36. The van der Waals surface area contributed by atoms with E-state index >= 15 is 0 Å². The number of aryl methyl sites for hydroxylation is 1. The van der Waals surface area contributed by atoms with Gasteiger partial charge in [-0.25, -0.2) is 4.39 Å². The van der Waals surface area contributed by atoms with Gasteiger partial charge in [0.25, 0.3) is 5.91 Å². The second kappa shape index (κ2) is 11.8. The summed E-state index contributed by atoms with van der Waals surface area (Å²) in [7, 11) is -1.29. The zero-order valence-electron chi connectivity index (χ0n) is 19.9. The topological polar surface area (TPSA) is 82.1 Å². The van der Waals surface area contributed by atoms with Crippen molar-refractivity contribution in [2.24, 2.45) is 0 Å². The number of carbonyl (C=O) groups excluding carboxylic acids is 1. The van der Waals surface area contributed by atoms with Gasteiger partial charge in [-0.05, 0) is 66.1 Å². The van der Waals surface area contributed by atoms with E-state index < -0.39 is 15.9 Å². The van der Waals surface area contributed by atoms with Gasteiger partial charge in [0.2, 0.25) is 0 Å². The Hall–Kier alpha value is -3.43. The lowest BCUT2D eigenvalue weighted by molar-refractivity contribution is 0.0680. The maximum Gasteiger partial charge on any atom is 0.339 e. The van der Waals surface area contributed by atoms with Crippen LogP contribution in [-0.4, -0.2) is 46.6 Å². The zero-order chi connectivity index (χ0) is 25.4. The summed E-state index contributed by atoms with van der Waals surface area (Å²) in [6.07, 6.45) is 0.872. The van der Waals surface area contributed by atoms with Crippen LogP contribution in [0.5, 0.6) is 11.5 Å². The molecule has 3 aromatic carbocycles. The van der Waals surface area contributed by atoms with Crippen molar-refractivity contribution >= 4 is 16.0 Å². The Labute approximate surface area is 205 Å². The zero-order valence-corrected chi connectivity index (χ0v) is 20.7. The molecule has 0 fully saturated rings. The first-order chi connectivity index (χ1) is 16.8. The van der Waals surface area contributed by atoms with E-state index in [4.69, 9.17) is 13.7 Å². The molecule has 0 bridgehead atoms. The molecule has 0 saturated heterocycles. The minimum atomic E-state index is -4.24. The first kappa shape index (κ1) is 26.2. The SMILES string of the molecule is CCc1ccc(C(=O)N(CCOC)Cc2ccc(OC)c(OS(=O)(=O)c3ccc(F)cc3)c2)cc1. The molecule has 0 heterocycles. The number of hydrogen-bond donors (Lipinski definition) is 0. The summed E-state index contributed by atoms with van der Waals surface area (Å²) < 4.78 is 54.4. The number of carbonyl (C=O) groups is 1. The summed E-state index contributed by atoms with van der Waals surface area (Å²) in [5.41, 5.74) is 2.30. The van der Waals surface area contributed by atoms with E-state index in [-0.39, 0.29) is 28.8 Å². The molecule has 9 heteroatoms. The molecule has 0 aromatic heterocycles. The fourth-order valence-electron chi connectivity index (χ4n) is 3.39. The van der Waals surface area contributed by atoms with Gasteiger partial charge in [-0.1, -0.05) is 25.1 Å². The number of amides is 1. The molecule has 0 aliphatic rings. The Balaban J connectivity index is 1.87. The highest BCUT2D eigenvalue weighted by molar-refractivity contribution is 7.87. The highest BCUT2D eigenvalue weighted by atomic mass is 32.2. The number of hydrogen-bond acceptors (Lipinski definition) is 6. The van der Waals surface area contributed by atoms with E-state index in [0.717, 1.165) is 36.2 Å². The molecule has 186 valence electrons. The minimum absolute atomic E-state index is 0.0410. The molecule has 0 spiro atoms. The van der Waals surface area contributed by atoms with Crippen molar-refractivity contribution < 1.29 is 31.3 Å². The Morgan fingerprint density at radius 2 is 1.57 bits per heavy atom. The largest absolute Gasteiger partial charge is 0.493 e. The molecule has 1 amide bonds. The van der Waals surface area contributed by atoms with Crippen molar-refractivity contribution in [2.75, 3.05) is 27.4 Å². The Bertz CT molecular complexity index is 1240. The van der Waals surface area contributed by atoms with Crippen LogP contribution in [0, 0.1) is 5.82 Å². The van der Waals surface area contributed by atoms with Crippen LogP contribution in [0.4, 0.5) is 4.39 Å². The third kappa shape index (κ3) is 6.80. The quantitative estimate of drug-likeness (QED) is 0.361. The molecule has 3 aromatic rings. The highest BCUT2D eigenvalue weighted by Crippen LogP contribution is 2.31. The van der Waals surface area contributed by atoms with Crippen molar-refractivity contribution in [1.29, 1.82) is 0 Å². The van der Waals surface area contributed by atoms with E-state index in [1.807, 2.05) is 19.1 Å². The van der Waals surface area contributed by atoms with Gasteiger partial charge < -0.3 is 18.6 Å². The molecule has 0 radical (unpaired) electrons. The first-order valence-corrected chi connectivity index (χ1v) is 12.4. The standard InChI is InChI=1S/C26H28FNO6S/c1-4-19-5-8-21(9-6-19)26(29)28(15-16-32-2)18-20-7-14-24(33-3)25(17-20)34-35(30,31)23-12-10-22(27)11-13-23/h5-14,17H,4,15-16,18H2,1-3H3. The number of benzene rings is 3.